The molecule has 0 saturated carbocycles. The van der Waals surface area contributed by atoms with Crippen molar-refractivity contribution in [1.29, 1.82) is 0 Å². The average Bonchev–Trinajstić information content (AvgIpc) is 1.96. The zero-order valence-electron chi connectivity index (χ0n) is 51.7. The smallest absolute Gasteiger partial charge is 0.220 e. The van der Waals surface area contributed by atoms with Crippen molar-refractivity contribution in [3.63, 3.8) is 0 Å². The van der Waals surface area contributed by atoms with E-state index < -0.39 is 124 Å². The molecule has 3 aliphatic heterocycles. The van der Waals surface area contributed by atoms with Crippen LogP contribution in [0.2, 0.25) is 0 Å². The molecule has 19 heteroatoms. The maximum absolute atomic E-state index is 13.4. The fourth-order valence-corrected chi connectivity index (χ4v) is 10.4. The summed E-state index contributed by atoms with van der Waals surface area (Å²) in [6.45, 7) is 1.62. The van der Waals surface area contributed by atoms with Crippen LogP contribution in [0.15, 0.2) is 97.2 Å². The Morgan fingerprint density at radius 3 is 1.23 bits per heavy atom. The Kier molecular flexibility index (Phi) is 43.4. The van der Waals surface area contributed by atoms with Gasteiger partial charge in [0.25, 0.3) is 0 Å². The molecule has 0 radical (unpaired) electrons. The maximum atomic E-state index is 13.4. The minimum Gasteiger partial charge on any atom is -0.394 e. The van der Waals surface area contributed by atoms with E-state index in [-0.39, 0.29) is 18.9 Å². The van der Waals surface area contributed by atoms with Gasteiger partial charge >= 0.3 is 0 Å². The number of nitrogens with one attached hydrogen (secondary N) is 1. The van der Waals surface area contributed by atoms with Gasteiger partial charge in [-0.05, 0) is 77.0 Å². The number of carbonyl (C=O) groups excluding carboxylic acids is 1. The molecule has 86 heavy (non-hydrogen) atoms. The normalized spacial score (nSPS) is 29.4. The SMILES string of the molecule is CC/C=C\C/C=C\C/C=C\C/C=C\C/C=C\C/C=C\C/C=C\C/C=C\CCCCC(=O)NC(COC1OC(CO)C(OC2OC(CO)C(OC3OC(CO)C(O)C(O)C3O)C(O)C2O)C(O)C1O)C(O)CCCCCCCCCCCCCCCC. The van der Waals surface area contributed by atoms with E-state index in [2.05, 4.69) is 116 Å². The molecule has 3 fully saturated rings. The average molecular weight is 1220 g/mol. The minimum absolute atomic E-state index is 0.205. The quantitative estimate of drug-likeness (QED) is 0.0210. The third-order valence-electron chi connectivity index (χ3n) is 15.7. The molecule has 19 nitrogen and oxygen atoms in total. The molecule has 3 saturated heterocycles. The lowest BCUT2D eigenvalue weighted by atomic mass is 9.96. The van der Waals surface area contributed by atoms with Crippen molar-refractivity contribution in [3.05, 3.63) is 97.2 Å². The van der Waals surface area contributed by atoms with E-state index in [9.17, 15) is 61.0 Å². The maximum Gasteiger partial charge on any atom is 0.220 e. The summed E-state index contributed by atoms with van der Waals surface area (Å²) in [5.74, 6) is -0.290. The van der Waals surface area contributed by atoms with Gasteiger partial charge in [-0.15, -0.1) is 0 Å². The number of hydrogen-bond acceptors (Lipinski definition) is 18. The van der Waals surface area contributed by atoms with Crippen LogP contribution in [-0.2, 0) is 33.2 Å². The van der Waals surface area contributed by atoms with Crippen LogP contribution in [-0.4, -0.2) is 193 Å². The van der Waals surface area contributed by atoms with E-state index in [1.807, 2.05) is 0 Å². The molecule has 0 spiro atoms. The monoisotopic (exact) mass is 1220 g/mol. The molecule has 3 heterocycles. The van der Waals surface area contributed by atoms with Gasteiger partial charge in [0.05, 0.1) is 38.6 Å². The van der Waals surface area contributed by atoms with Crippen LogP contribution in [0.5, 0.6) is 0 Å². The first-order chi connectivity index (χ1) is 41.8. The van der Waals surface area contributed by atoms with E-state index in [1.165, 1.54) is 64.2 Å². The summed E-state index contributed by atoms with van der Waals surface area (Å²) in [5.41, 5.74) is 0. The summed E-state index contributed by atoms with van der Waals surface area (Å²) in [6, 6.07) is -0.917. The highest BCUT2D eigenvalue weighted by atomic mass is 16.8. The predicted molar refractivity (Wildman–Crippen MR) is 332 cm³/mol. The number of aliphatic hydroxyl groups is 11. The lowest BCUT2D eigenvalue weighted by Gasteiger charge is -2.48. The van der Waals surface area contributed by atoms with Crippen molar-refractivity contribution < 1.29 is 89.4 Å². The molecule has 0 bridgehead atoms. The number of carbonyl (C=O) groups is 1. The highest BCUT2D eigenvalue weighted by Crippen LogP contribution is 2.33. The molecule has 17 unspecified atom stereocenters. The van der Waals surface area contributed by atoms with E-state index in [4.69, 9.17) is 28.4 Å². The lowest BCUT2D eigenvalue weighted by molar-refractivity contribution is -0.379. The third kappa shape index (κ3) is 31.0. The Balaban J connectivity index is 1.46. The Labute approximate surface area is 513 Å². The van der Waals surface area contributed by atoms with Gasteiger partial charge in [-0.1, -0.05) is 201 Å². The van der Waals surface area contributed by atoms with Gasteiger partial charge in [0.15, 0.2) is 18.9 Å². The summed E-state index contributed by atoms with van der Waals surface area (Å²) in [4.78, 5) is 13.4. The van der Waals surface area contributed by atoms with Crippen molar-refractivity contribution in [2.24, 2.45) is 0 Å². The first-order valence-electron chi connectivity index (χ1n) is 32.5. The fraction of sp³-hybridized carbons (Fsp3) is 0.746. The predicted octanol–water partition coefficient (Wildman–Crippen LogP) is 7.32. The summed E-state index contributed by atoms with van der Waals surface area (Å²) in [7, 11) is 0. The second-order valence-corrected chi connectivity index (χ2v) is 22.8. The van der Waals surface area contributed by atoms with Gasteiger partial charge in [-0.2, -0.15) is 0 Å². The molecule has 0 aliphatic carbocycles. The van der Waals surface area contributed by atoms with Crippen LogP contribution in [0.1, 0.15) is 187 Å². The summed E-state index contributed by atoms with van der Waals surface area (Å²) in [5, 5.41) is 120. The van der Waals surface area contributed by atoms with Crippen molar-refractivity contribution in [1.82, 2.24) is 5.32 Å². The summed E-state index contributed by atoms with van der Waals surface area (Å²) < 4.78 is 34.3. The second-order valence-electron chi connectivity index (χ2n) is 22.8. The topological polar surface area (TPSA) is 307 Å². The molecular formula is C67H113NO18. The molecule has 494 valence electrons. The van der Waals surface area contributed by atoms with Gasteiger partial charge in [0.2, 0.25) is 5.91 Å². The van der Waals surface area contributed by atoms with Crippen molar-refractivity contribution in [3.8, 4) is 0 Å². The molecule has 12 N–H and O–H groups in total. The Bertz CT molecular complexity index is 1940. The molecular weight excluding hydrogens is 1110 g/mol. The van der Waals surface area contributed by atoms with E-state index in [1.54, 1.807) is 0 Å². The highest BCUT2D eigenvalue weighted by Gasteiger charge is 2.53. The van der Waals surface area contributed by atoms with Crippen LogP contribution in [0.25, 0.3) is 0 Å². The van der Waals surface area contributed by atoms with Gasteiger partial charge in [0, 0.05) is 6.42 Å². The summed E-state index contributed by atoms with van der Waals surface area (Å²) in [6.07, 6.45) is 34.9. The van der Waals surface area contributed by atoms with Gasteiger partial charge < -0.3 is 89.9 Å². The number of rotatable bonds is 47. The van der Waals surface area contributed by atoms with Crippen LogP contribution in [0.3, 0.4) is 0 Å². The largest absolute Gasteiger partial charge is 0.394 e. The highest BCUT2D eigenvalue weighted by molar-refractivity contribution is 5.76. The van der Waals surface area contributed by atoms with Gasteiger partial charge in [-0.3, -0.25) is 4.79 Å². The van der Waals surface area contributed by atoms with Crippen LogP contribution < -0.4 is 5.32 Å². The first kappa shape index (κ1) is 77.0. The minimum atomic E-state index is -1.98. The van der Waals surface area contributed by atoms with E-state index in [0.717, 1.165) is 83.5 Å². The number of aliphatic hydroxyl groups excluding tert-OH is 11. The molecule has 1 amide bonds. The first-order valence-corrected chi connectivity index (χ1v) is 32.5. The Hall–Kier alpha value is -3.29. The summed E-state index contributed by atoms with van der Waals surface area (Å²) >= 11 is 0. The van der Waals surface area contributed by atoms with Gasteiger partial charge in [0.1, 0.15) is 73.2 Å². The van der Waals surface area contributed by atoms with Crippen LogP contribution in [0, 0.1) is 0 Å². The zero-order valence-corrected chi connectivity index (χ0v) is 51.7. The van der Waals surface area contributed by atoms with Crippen molar-refractivity contribution >= 4 is 5.91 Å². The number of allylic oxidation sites excluding steroid dienone is 16. The van der Waals surface area contributed by atoms with Crippen LogP contribution in [0.4, 0.5) is 0 Å². The molecule has 0 aromatic heterocycles. The van der Waals surface area contributed by atoms with Crippen molar-refractivity contribution in [2.45, 2.75) is 291 Å². The molecule has 0 aromatic rings. The third-order valence-corrected chi connectivity index (χ3v) is 15.7. The Morgan fingerprint density at radius 1 is 0.430 bits per heavy atom. The number of ether oxygens (including phenoxy) is 6. The van der Waals surface area contributed by atoms with Crippen LogP contribution >= 0.6 is 0 Å². The van der Waals surface area contributed by atoms with Crippen molar-refractivity contribution in [2.75, 3.05) is 26.4 Å². The fourth-order valence-electron chi connectivity index (χ4n) is 10.4. The number of hydrogen-bond donors (Lipinski definition) is 12. The molecule has 17 atom stereocenters. The van der Waals surface area contributed by atoms with E-state index in [0.29, 0.717) is 19.3 Å². The number of unbranched alkanes of at least 4 members (excludes halogenated alkanes) is 15. The number of amides is 1. The van der Waals surface area contributed by atoms with Gasteiger partial charge in [-0.25, -0.2) is 0 Å². The second kappa shape index (κ2) is 48.5. The standard InChI is InChI=1S/C67H113NO18/c1-3-5-7-9-11-13-15-17-19-20-21-22-23-24-25-26-27-28-29-30-31-33-35-37-39-41-43-45-55(73)68-50(51(72)44-42-40-38-36-34-32-18-16-14-12-10-8-6-4-2)49-81-65-61(79)58(76)63(53(47-70)83-65)86-67-62(80)59(77)64(54(48-71)84-67)85-66-60(78)57(75)56(74)52(46-69)82-66/h5,7,11,13,17,19,21-22,24-25,27-28,30-31,35,37,50-54,56-67,69-72,74-80H,3-4,6,8-10,12,14-16,18,20,23,26,29,32-34,36,38-49H2,1-2H3,(H,68,73)/b7-5-,13-11-,19-17-,22-21-,25-24-,28-27-,31-30-,37-35-. The zero-order chi connectivity index (χ0) is 62.6. The molecule has 3 aliphatic rings. The molecule has 0 aromatic carbocycles. The van der Waals surface area contributed by atoms with E-state index >= 15 is 0 Å². The molecule has 3 rings (SSSR count). The Morgan fingerprint density at radius 2 is 0.802 bits per heavy atom. The lowest BCUT2D eigenvalue weighted by Crippen LogP contribution is -2.66.